The number of hydrogen-bond donors (Lipinski definition) is 0. The molecule has 0 aromatic heterocycles. The van der Waals surface area contributed by atoms with Gasteiger partial charge in [-0.1, -0.05) is 0 Å². The van der Waals surface area contributed by atoms with Crippen LogP contribution >= 0.6 is 0 Å². The number of alkyl halides is 3. The minimum atomic E-state index is -4.52. The molecule has 1 aromatic rings. The fraction of sp³-hybridized carbons (Fsp3) is 0.417. The average Bonchev–Trinajstić information content (AvgIpc) is 2.32. The number of ketones is 1. The molecule has 0 spiro atoms. The first-order valence-electron chi connectivity index (χ1n) is 5.65. The quantitative estimate of drug-likeness (QED) is 0.619. The van der Waals surface area contributed by atoms with Crippen molar-refractivity contribution in [2.24, 2.45) is 5.41 Å². The third kappa shape index (κ3) is 2.59. The Morgan fingerprint density at radius 3 is 2.65 bits per heavy atom. The molecule has 1 aliphatic rings. The molecule has 0 N–H and O–H groups in total. The summed E-state index contributed by atoms with van der Waals surface area (Å²) in [5.74, 6) is -0.722. The molecule has 8 heteroatoms. The predicted octanol–water partition coefficient (Wildman–Crippen LogP) is 3.13. The molecule has 2 rings (SSSR count). The zero-order chi connectivity index (χ0) is 15.1. The zero-order valence-corrected chi connectivity index (χ0v) is 10.4. The van der Waals surface area contributed by atoms with E-state index in [4.69, 9.17) is 4.74 Å². The minimum Gasteiger partial charge on any atom is -0.492 e. The average molecular weight is 289 g/mol. The first-order chi connectivity index (χ1) is 9.12. The highest BCUT2D eigenvalue weighted by atomic mass is 19.4. The molecule has 5 nitrogen and oxygen atoms in total. The smallest absolute Gasteiger partial charge is 0.390 e. The molecule has 0 fully saturated rings. The van der Waals surface area contributed by atoms with Crippen molar-refractivity contribution < 1.29 is 27.6 Å². The SMILES string of the molecule is CC1(CC(F)(F)F)COc2ccc([N+](=O)[O-])cc2C1=O. The van der Waals surface area contributed by atoms with E-state index in [9.17, 15) is 28.1 Å². The Balaban J connectivity index is 2.42. The molecule has 1 atom stereocenters. The van der Waals surface area contributed by atoms with Crippen LogP contribution in [0.2, 0.25) is 0 Å². The van der Waals surface area contributed by atoms with Crippen molar-refractivity contribution in [1.82, 2.24) is 0 Å². The number of ether oxygens (including phenoxy) is 1. The molecule has 1 aromatic carbocycles. The summed E-state index contributed by atoms with van der Waals surface area (Å²) in [7, 11) is 0. The number of rotatable bonds is 2. The molecule has 0 aliphatic carbocycles. The van der Waals surface area contributed by atoms with Gasteiger partial charge in [-0.3, -0.25) is 14.9 Å². The number of fused-ring (bicyclic) bond motifs is 1. The summed E-state index contributed by atoms with van der Waals surface area (Å²) >= 11 is 0. The predicted molar refractivity (Wildman–Crippen MR) is 61.7 cm³/mol. The molecule has 108 valence electrons. The van der Waals surface area contributed by atoms with Crippen LogP contribution in [0.4, 0.5) is 18.9 Å². The van der Waals surface area contributed by atoms with Gasteiger partial charge in [0.05, 0.1) is 22.3 Å². The Hall–Kier alpha value is -2.12. The summed E-state index contributed by atoms with van der Waals surface area (Å²) in [5, 5.41) is 10.7. The number of hydrogen-bond acceptors (Lipinski definition) is 4. The zero-order valence-electron chi connectivity index (χ0n) is 10.4. The molecule has 1 aliphatic heterocycles. The van der Waals surface area contributed by atoms with Crippen LogP contribution in [-0.4, -0.2) is 23.5 Å². The van der Waals surface area contributed by atoms with E-state index in [1.165, 1.54) is 6.07 Å². The number of carbonyl (C=O) groups excluding carboxylic acids is 1. The molecule has 0 bridgehead atoms. The third-order valence-electron chi connectivity index (χ3n) is 3.10. The number of nitrogens with zero attached hydrogens (tertiary/aromatic N) is 1. The Bertz CT molecular complexity index is 585. The maximum atomic E-state index is 12.5. The van der Waals surface area contributed by atoms with Crippen LogP contribution in [0, 0.1) is 15.5 Å². The molecule has 0 saturated heterocycles. The standard InChI is InChI=1S/C12H10F3NO4/c1-11(5-12(13,14)15)6-20-9-3-2-7(16(18)19)4-8(9)10(11)17/h2-4H,5-6H2,1H3. The van der Waals surface area contributed by atoms with E-state index in [1.54, 1.807) is 0 Å². The number of benzene rings is 1. The molecular weight excluding hydrogens is 279 g/mol. The molecule has 20 heavy (non-hydrogen) atoms. The van der Waals surface area contributed by atoms with Crippen LogP contribution in [0.1, 0.15) is 23.7 Å². The number of nitro groups is 1. The van der Waals surface area contributed by atoms with Crippen molar-refractivity contribution in [2.45, 2.75) is 19.5 Å². The lowest BCUT2D eigenvalue weighted by atomic mass is 9.78. The van der Waals surface area contributed by atoms with E-state index in [-0.39, 0.29) is 17.0 Å². The highest BCUT2D eigenvalue weighted by Crippen LogP contribution is 2.42. The van der Waals surface area contributed by atoms with Crippen LogP contribution in [0.5, 0.6) is 5.75 Å². The van der Waals surface area contributed by atoms with Crippen molar-refractivity contribution in [3.8, 4) is 5.75 Å². The van der Waals surface area contributed by atoms with Crippen LogP contribution < -0.4 is 4.74 Å². The van der Waals surface area contributed by atoms with E-state index in [1.807, 2.05) is 0 Å². The summed E-state index contributed by atoms with van der Waals surface area (Å²) in [6.45, 7) is 0.737. The monoisotopic (exact) mass is 289 g/mol. The van der Waals surface area contributed by atoms with Crippen LogP contribution in [-0.2, 0) is 0 Å². The van der Waals surface area contributed by atoms with Gasteiger partial charge in [0.2, 0.25) is 0 Å². The van der Waals surface area contributed by atoms with Gasteiger partial charge >= 0.3 is 6.18 Å². The number of non-ortho nitro benzene ring substituents is 1. The largest absolute Gasteiger partial charge is 0.492 e. The third-order valence-corrected chi connectivity index (χ3v) is 3.10. The summed E-state index contributed by atoms with van der Waals surface area (Å²) in [4.78, 5) is 22.1. The molecular formula is C12H10F3NO4. The maximum absolute atomic E-state index is 12.5. The second-order valence-corrected chi connectivity index (χ2v) is 4.91. The highest BCUT2D eigenvalue weighted by Gasteiger charge is 2.48. The lowest BCUT2D eigenvalue weighted by Crippen LogP contribution is -2.41. The first kappa shape index (κ1) is 14.3. The Kier molecular flexibility index (Phi) is 3.19. The van der Waals surface area contributed by atoms with Gasteiger partial charge < -0.3 is 4.74 Å². The topological polar surface area (TPSA) is 69.4 Å². The fourth-order valence-corrected chi connectivity index (χ4v) is 2.14. The van der Waals surface area contributed by atoms with E-state index in [2.05, 4.69) is 0 Å². The van der Waals surface area contributed by atoms with Gasteiger partial charge in [0.1, 0.15) is 12.4 Å². The number of Topliss-reactive ketones (excluding diaryl/α,β-unsaturated/α-hetero) is 1. The van der Waals surface area contributed by atoms with Crippen molar-refractivity contribution >= 4 is 11.5 Å². The van der Waals surface area contributed by atoms with Crippen molar-refractivity contribution in [2.75, 3.05) is 6.61 Å². The first-order valence-corrected chi connectivity index (χ1v) is 5.65. The van der Waals surface area contributed by atoms with Gasteiger partial charge in [-0.25, -0.2) is 0 Å². The lowest BCUT2D eigenvalue weighted by molar-refractivity contribution is -0.384. The normalized spacial score (nSPS) is 22.1. The molecule has 1 heterocycles. The Morgan fingerprint density at radius 1 is 1.45 bits per heavy atom. The number of nitro benzene ring substituents is 1. The lowest BCUT2D eigenvalue weighted by Gasteiger charge is -2.33. The Labute approximate surface area is 111 Å². The summed E-state index contributed by atoms with van der Waals surface area (Å²) in [5.41, 5.74) is -2.31. The van der Waals surface area contributed by atoms with Crippen molar-refractivity contribution in [1.29, 1.82) is 0 Å². The van der Waals surface area contributed by atoms with Crippen LogP contribution in [0.15, 0.2) is 18.2 Å². The second-order valence-electron chi connectivity index (χ2n) is 4.91. The summed E-state index contributed by atoms with van der Waals surface area (Å²) in [6, 6.07) is 3.31. The molecule has 0 radical (unpaired) electrons. The van der Waals surface area contributed by atoms with Gasteiger partial charge in [-0.05, 0) is 13.0 Å². The van der Waals surface area contributed by atoms with Gasteiger partial charge in [-0.15, -0.1) is 0 Å². The van der Waals surface area contributed by atoms with E-state index >= 15 is 0 Å². The Morgan fingerprint density at radius 2 is 2.10 bits per heavy atom. The van der Waals surface area contributed by atoms with Gasteiger partial charge in [0.15, 0.2) is 5.78 Å². The number of carbonyl (C=O) groups is 1. The van der Waals surface area contributed by atoms with Crippen molar-refractivity contribution in [3.63, 3.8) is 0 Å². The van der Waals surface area contributed by atoms with Crippen molar-refractivity contribution in [3.05, 3.63) is 33.9 Å². The van der Waals surface area contributed by atoms with Crippen LogP contribution in [0.25, 0.3) is 0 Å². The van der Waals surface area contributed by atoms with Gasteiger partial charge in [-0.2, -0.15) is 13.2 Å². The molecule has 1 unspecified atom stereocenters. The number of halogens is 3. The van der Waals surface area contributed by atoms with Crippen LogP contribution in [0.3, 0.4) is 0 Å². The molecule has 0 saturated carbocycles. The van der Waals surface area contributed by atoms with Gasteiger partial charge in [0.25, 0.3) is 5.69 Å². The van der Waals surface area contributed by atoms with Gasteiger partial charge in [0, 0.05) is 12.1 Å². The summed E-state index contributed by atoms with van der Waals surface area (Å²) in [6.07, 6.45) is -5.85. The summed E-state index contributed by atoms with van der Waals surface area (Å²) < 4.78 is 42.7. The van der Waals surface area contributed by atoms with E-state index in [0.29, 0.717) is 0 Å². The minimum absolute atomic E-state index is 0.0697. The maximum Gasteiger partial charge on any atom is 0.390 e. The fourth-order valence-electron chi connectivity index (χ4n) is 2.14. The molecule has 0 amide bonds. The van der Waals surface area contributed by atoms with E-state index < -0.39 is 35.3 Å². The highest BCUT2D eigenvalue weighted by molar-refractivity contribution is 6.04. The second kappa shape index (κ2) is 4.46. The van der Waals surface area contributed by atoms with E-state index in [0.717, 1.165) is 19.1 Å².